The van der Waals surface area contributed by atoms with E-state index >= 15 is 0 Å². The molecule has 5 heteroatoms. The van der Waals surface area contributed by atoms with Crippen LogP contribution in [0, 0.1) is 5.82 Å². The fraction of sp³-hybridized carbons (Fsp3) is 0.0476. The molecule has 128 valence electrons. The molecule has 2 aromatic carbocycles. The Kier molecular flexibility index (Phi) is 3.97. The van der Waals surface area contributed by atoms with Crippen molar-refractivity contribution in [2.45, 2.75) is 0 Å². The summed E-state index contributed by atoms with van der Waals surface area (Å²) in [6, 6.07) is 18.1. The summed E-state index contributed by atoms with van der Waals surface area (Å²) >= 11 is 0. The number of imidazole rings is 1. The molecule has 2 aromatic heterocycles. The van der Waals surface area contributed by atoms with Gasteiger partial charge in [-0.25, -0.2) is 9.37 Å². The van der Waals surface area contributed by atoms with Gasteiger partial charge in [-0.05, 0) is 47.5 Å². The second kappa shape index (κ2) is 6.44. The number of aromatic nitrogens is 2. The number of hydrogen-bond donors (Lipinski definition) is 0. The molecule has 26 heavy (non-hydrogen) atoms. The molecule has 0 unspecified atom stereocenters. The van der Waals surface area contributed by atoms with Crippen molar-refractivity contribution in [1.29, 1.82) is 0 Å². The summed E-state index contributed by atoms with van der Waals surface area (Å²) in [7, 11) is 1.72. The number of fused-ring (bicyclic) bond motifs is 1. The van der Waals surface area contributed by atoms with Gasteiger partial charge in [0.15, 0.2) is 0 Å². The number of amides is 1. The monoisotopic (exact) mass is 345 g/mol. The molecule has 0 radical (unpaired) electrons. The van der Waals surface area contributed by atoms with Gasteiger partial charge in [-0.1, -0.05) is 24.3 Å². The standard InChI is InChI=1S/C21H16FN3O/c1-24(14-26)19-4-2-3-17(11-19)20-13-23-21-12-16(9-10-25(20)21)15-5-7-18(22)8-6-15/h2-14H,1H3. The Morgan fingerprint density at radius 1 is 1.00 bits per heavy atom. The molecule has 0 saturated heterocycles. The second-order valence-electron chi connectivity index (χ2n) is 6.06. The predicted molar refractivity (Wildman–Crippen MR) is 100 cm³/mol. The minimum atomic E-state index is -0.252. The van der Waals surface area contributed by atoms with E-state index in [1.165, 1.54) is 17.0 Å². The quantitative estimate of drug-likeness (QED) is 0.514. The van der Waals surface area contributed by atoms with E-state index in [1.807, 2.05) is 53.2 Å². The summed E-state index contributed by atoms with van der Waals surface area (Å²) < 4.78 is 15.1. The first-order chi connectivity index (χ1) is 12.7. The van der Waals surface area contributed by atoms with Crippen LogP contribution in [0.5, 0.6) is 0 Å². The summed E-state index contributed by atoms with van der Waals surface area (Å²) in [4.78, 5) is 17.0. The highest BCUT2D eigenvalue weighted by Gasteiger charge is 2.09. The first-order valence-corrected chi connectivity index (χ1v) is 8.17. The molecule has 4 rings (SSSR count). The smallest absolute Gasteiger partial charge is 0.213 e. The average Bonchev–Trinajstić information content (AvgIpc) is 3.11. The SMILES string of the molecule is CN(C=O)c1cccc(-c2cnc3cc(-c4ccc(F)cc4)ccn23)c1. The number of anilines is 1. The Hall–Kier alpha value is -3.47. The molecule has 0 N–H and O–H groups in total. The van der Waals surface area contributed by atoms with Gasteiger partial charge in [-0.15, -0.1) is 0 Å². The van der Waals surface area contributed by atoms with E-state index in [2.05, 4.69) is 4.98 Å². The second-order valence-corrected chi connectivity index (χ2v) is 6.06. The average molecular weight is 345 g/mol. The fourth-order valence-corrected chi connectivity index (χ4v) is 2.96. The van der Waals surface area contributed by atoms with Crippen LogP contribution in [0.25, 0.3) is 28.0 Å². The van der Waals surface area contributed by atoms with Gasteiger partial charge >= 0.3 is 0 Å². The fourth-order valence-electron chi connectivity index (χ4n) is 2.96. The first kappa shape index (κ1) is 16.0. The molecule has 4 aromatic rings. The molecule has 0 aliphatic rings. The van der Waals surface area contributed by atoms with E-state index in [0.717, 1.165) is 40.1 Å². The Bertz CT molecular complexity index is 1090. The number of halogens is 1. The van der Waals surface area contributed by atoms with E-state index in [9.17, 15) is 9.18 Å². The Labute approximate surface area is 150 Å². The van der Waals surface area contributed by atoms with Gasteiger partial charge in [-0.2, -0.15) is 0 Å². The van der Waals surface area contributed by atoms with Crippen molar-refractivity contribution in [3.8, 4) is 22.4 Å². The number of benzene rings is 2. The lowest BCUT2D eigenvalue weighted by atomic mass is 10.1. The molecule has 0 fully saturated rings. The highest BCUT2D eigenvalue weighted by Crippen LogP contribution is 2.27. The third-order valence-electron chi connectivity index (χ3n) is 4.40. The van der Waals surface area contributed by atoms with Crippen molar-refractivity contribution in [1.82, 2.24) is 9.38 Å². The maximum atomic E-state index is 13.1. The molecule has 0 aliphatic carbocycles. The number of carbonyl (C=O) groups is 1. The van der Waals surface area contributed by atoms with Crippen LogP contribution in [0.2, 0.25) is 0 Å². The lowest BCUT2D eigenvalue weighted by Crippen LogP contribution is -2.13. The van der Waals surface area contributed by atoms with Crippen molar-refractivity contribution in [3.05, 3.63) is 78.9 Å². The van der Waals surface area contributed by atoms with Crippen molar-refractivity contribution in [3.63, 3.8) is 0 Å². The third-order valence-corrected chi connectivity index (χ3v) is 4.40. The molecular weight excluding hydrogens is 329 g/mol. The van der Waals surface area contributed by atoms with E-state index < -0.39 is 0 Å². The molecule has 0 atom stereocenters. The molecule has 0 aliphatic heterocycles. The van der Waals surface area contributed by atoms with Crippen LogP contribution in [0.15, 0.2) is 73.1 Å². The zero-order valence-electron chi connectivity index (χ0n) is 14.1. The van der Waals surface area contributed by atoms with Crippen LogP contribution in [0.3, 0.4) is 0 Å². The van der Waals surface area contributed by atoms with Crippen molar-refractivity contribution in [2.24, 2.45) is 0 Å². The van der Waals surface area contributed by atoms with Gasteiger partial charge in [0.05, 0.1) is 11.9 Å². The predicted octanol–water partition coefficient (Wildman–Crippen LogP) is 4.40. The summed E-state index contributed by atoms with van der Waals surface area (Å²) in [5, 5.41) is 0. The largest absolute Gasteiger partial charge is 0.318 e. The summed E-state index contributed by atoms with van der Waals surface area (Å²) in [5.41, 5.74) is 5.44. The van der Waals surface area contributed by atoms with Crippen LogP contribution in [-0.4, -0.2) is 22.8 Å². The van der Waals surface area contributed by atoms with Gasteiger partial charge in [0.2, 0.25) is 6.41 Å². The topological polar surface area (TPSA) is 37.6 Å². The van der Waals surface area contributed by atoms with Crippen LogP contribution >= 0.6 is 0 Å². The zero-order chi connectivity index (χ0) is 18.1. The Morgan fingerprint density at radius 2 is 1.81 bits per heavy atom. The molecule has 0 saturated carbocycles. The zero-order valence-corrected chi connectivity index (χ0v) is 14.1. The van der Waals surface area contributed by atoms with Gasteiger partial charge < -0.3 is 4.90 Å². The molecule has 0 bridgehead atoms. The molecule has 4 nitrogen and oxygen atoms in total. The van der Waals surface area contributed by atoms with Gasteiger partial charge in [0.25, 0.3) is 0 Å². The number of hydrogen-bond acceptors (Lipinski definition) is 2. The summed E-state index contributed by atoms with van der Waals surface area (Å²) in [6.07, 6.45) is 4.54. The third kappa shape index (κ3) is 2.84. The lowest BCUT2D eigenvalue weighted by Gasteiger charge is -2.12. The molecule has 1 amide bonds. The number of nitrogens with zero attached hydrogens (tertiary/aromatic N) is 3. The van der Waals surface area contributed by atoms with Crippen molar-refractivity contribution in [2.75, 3.05) is 11.9 Å². The van der Waals surface area contributed by atoms with E-state index in [4.69, 9.17) is 0 Å². The Balaban J connectivity index is 1.76. The molecule has 2 heterocycles. The highest BCUT2D eigenvalue weighted by molar-refractivity contribution is 5.78. The van der Waals surface area contributed by atoms with Crippen LogP contribution < -0.4 is 4.90 Å². The highest BCUT2D eigenvalue weighted by atomic mass is 19.1. The summed E-state index contributed by atoms with van der Waals surface area (Å²) in [5.74, 6) is -0.252. The Morgan fingerprint density at radius 3 is 2.58 bits per heavy atom. The van der Waals surface area contributed by atoms with Crippen LogP contribution in [0.1, 0.15) is 0 Å². The number of pyridine rings is 1. The molecule has 0 spiro atoms. The lowest BCUT2D eigenvalue weighted by molar-refractivity contribution is -0.107. The maximum absolute atomic E-state index is 13.1. The van der Waals surface area contributed by atoms with E-state index in [-0.39, 0.29) is 5.82 Å². The maximum Gasteiger partial charge on any atom is 0.213 e. The number of rotatable bonds is 4. The van der Waals surface area contributed by atoms with E-state index in [0.29, 0.717) is 0 Å². The van der Waals surface area contributed by atoms with Crippen LogP contribution in [-0.2, 0) is 4.79 Å². The molecular formula is C21H16FN3O. The first-order valence-electron chi connectivity index (χ1n) is 8.17. The summed E-state index contributed by atoms with van der Waals surface area (Å²) in [6.45, 7) is 0. The normalized spacial score (nSPS) is 10.8. The number of carbonyl (C=O) groups excluding carboxylic acids is 1. The van der Waals surface area contributed by atoms with Crippen molar-refractivity contribution >= 4 is 17.7 Å². The van der Waals surface area contributed by atoms with Gasteiger partial charge in [0, 0.05) is 24.5 Å². The van der Waals surface area contributed by atoms with Gasteiger partial charge in [0.1, 0.15) is 11.5 Å². The van der Waals surface area contributed by atoms with Crippen molar-refractivity contribution < 1.29 is 9.18 Å². The minimum absolute atomic E-state index is 0.252. The van der Waals surface area contributed by atoms with Gasteiger partial charge in [-0.3, -0.25) is 9.20 Å². The minimum Gasteiger partial charge on any atom is -0.318 e. The van der Waals surface area contributed by atoms with Crippen LogP contribution in [0.4, 0.5) is 10.1 Å². The van der Waals surface area contributed by atoms with E-state index in [1.54, 1.807) is 19.2 Å².